The van der Waals surface area contributed by atoms with Gasteiger partial charge in [0.1, 0.15) is 0 Å². The van der Waals surface area contributed by atoms with Gasteiger partial charge in [-0.05, 0) is 83.6 Å². The smallest absolute Gasteiger partial charge is 0.160 e. The van der Waals surface area contributed by atoms with Crippen molar-refractivity contribution in [2.75, 3.05) is 0 Å². The van der Waals surface area contributed by atoms with E-state index in [0.29, 0.717) is 5.82 Å². The summed E-state index contributed by atoms with van der Waals surface area (Å²) in [4.78, 5) is 10.2. The number of aromatic nitrogens is 2. The Balaban J connectivity index is 0.915. The van der Waals surface area contributed by atoms with Crippen LogP contribution in [0.2, 0.25) is 0 Å². The molecule has 0 fully saturated rings. The zero-order chi connectivity index (χ0) is 38.4. The van der Waals surface area contributed by atoms with E-state index in [2.05, 4.69) is 206 Å². The molecule has 0 amide bonds. The second-order valence-electron chi connectivity index (χ2n) is 14.9. The van der Waals surface area contributed by atoms with E-state index in [1.807, 2.05) is 12.1 Å². The van der Waals surface area contributed by atoms with Gasteiger partial charge in [0.15, 0.2) is 5.82 Å². The molecule has 9 aromatic carbocycles. The number of rotatable bonds is 7. The van der Waals surface area contributed by atoms with Crippen LogP contribution in [0.1, 0.15) is 0 Å². The minimum absolute atomic E-state index is 0.705. The summed E-state index contributed by atoms with van der Waals surface area (Å²) in [7, 11) is 0. The summed E-state index contributed by atoms with van der Waals surface area (Å²) in [6.45, 7) is 0. The van der Waals surface area contributed by atoms with Crippen LogP contribution in [0, 0.1) is 0 Å². The highest BCUT2D eigenvalue weighted by atomic mass is 14.9. The van der Waals surface area contributed by atoms with Crippen molar-refractivity contribution in [3.8, 4) is 101 Å². The molecule has 2 nitrogen and oxygen atoms in total. The van der Waals surface area contributed by atoms with E-state index >= 15 is 0 Å². The van der Waals surface area contributed by atoms with Crippen molar-refractivity contribution in [2.45, 2.75) is 0 Å². The molecule has 1 aliphatic carbocycles. The van der Waals surface area contributed by atoms with Crippen molar-refractivity contribution in [1.29, 1.82) is 0 Å². The molecule has 58 heavy (non-hydrogen) atoms. The van der Waals surface area contributed by atoms with Gasteiger partial charge in [-0.1, -0.05) is 212 Å². The fraction of sp³-hybridized carbons (Fsp3) is 0. The van der Waals surface area contributed by atoms with Crippen molar-refractivity contribution in [2.24, 2.45) is 0 Å². The molecule has 10 aromatic rings. The van der Waals surface area contributed by atoms with Crippen LogP contribution in [0.15, 0.2) is 218 Å². The highest BCUT2D eigenvalue weighted by molar-refractivity contribution is 6.18. The molecule has 1 aliphatic rings. The molecular weight excluding hydrogens is 701 g/mol. The normalized spacial score (nSPS) is 11.4. The van der Waals surface area contributed by atoms with Crippen LogP contribution in [0.4, 0.5) is 0 Å². The van der Waals surface area contributed by atoms with E-state index in [1.54, 1.807) is 0 Å². The van der Waals surface area contributed by atoms with Gasteiger partial charge in [0.25, 0.3) is 0 Å². The Morgan fingerprint density at radius 3 is 1.19 bits per heavy atom. The van der Waals surface area contributed by atoms with Gasteiger partial charge in [-0.2, -0.15) is 0 Å². The van der Waals surface area contributed by atoms with Gasteiger partial charge < -0.3 is 0 Å². The second kappa shape index (κ2) is 14.1. The average molecular weight is 737 g/mol. The lowest BCUT2D eigenvalue weighted by atomic mass is 9.91. The standard InChI is InChI=1S/C56H36N2/c1-3-12-37(13-4-1)38-22-32-44(33-23-38)56-57-53(42-14-5-2-6-15-42)36-54(58-56)43-30-28-40(29-31-43)46-17-8-7-16-45(46)39-24-26-41(27-25-39)47-34-35-52-49-19-10-9-18-48(49)51-21-11-20-50(47)55(51)52/h1-36H. The Morgan fingerprint density at radius 2 is 0.603 bits per heavy atom. The molecular formula is C56H36N2. The predicted octanol–water partition coefficient (Wildman–Crippen LogP) is 14.9. The van der Waals surface area contributed by atoms with E-state index in [1.165, 1.54) is 72.0 Å². The molecule has 270 valence electrons. The molecule has 0 N–H and O–H groups in total. The van der Waals surface area contributed by atoms with Crippen molar-refractivity contribution in [1.82, 2.24) is 9.97 Å². The summed E-state index contributed by atoms with van der Waals surface area (Å²) in [5.74, 6) is 0.705. The van der Waals surface area contributed by atoms with Crippen molar-refractivity contribution in [3.63, 3.8) is 0 Å². The van der Waals surface area contributed by atoms with Gasteiger partial charge in [-0.3, -0.25) is 0 Å². The second-order valence-corrected chi connectivity index (χ2v) is 14.9. The van der Waals surface area contributed by atoms with Crippen molar-refractivity contribution >= 4 is 10.8 Å². The first-order valence-corrected chi connectivity index (χ1v) is 19.8. The molecule has 0 radical (unpaired) electrons. The molecule has 0 unspecified atom stereocenters. The summed E-state index contributed by atoms with van der Waals surface area (Å²) < 4.78 is 0. The van der Waals surface area contributed by atoms with Crippen LogP contribution in [0.5, 0.6) is 0 Å². The average Bonchev–Trinajstić information content (AvgIpc) is 3.64. The maximum Gasteiger partial charge on any atom is 0.160 e. The Morgan fingerprint density at radius 1 is 0.224 bits per heavy atom. The Hall–Kier alpha value is -7.68. The summed E-state index contributed by atoms with van der Waals surface area (Å²) in [6.07, 6.45) is 0. The molecule has 0 saturated heterocycles. The molecule has 0 bridgehead atoms. The zero-order valence-corrected chi connectivity index (χ0v) is 31.7. The van der Waals surface area contributed by atoms with Crippen LogP contribution >= 0.6 is 0 Å². The maximum absolute atomic E-state index is 5.13. The predicted molar refractivity (Wildman–Crippen MR) is 242 cm³/mol. The van der Waals surface area contributed by atoms with E-state index in [-0.39, 0.29) is 0 Å². The third kappa shape index (κ3) is 5.91. The van der Waals surface area contributed by atoms with Gasteiger partial charge in [0.05, 0.1) is 11.4 Å². The highest BCUT2D eigenvalue weighted by Gasteiger charge is 2.22. The topological polar surface area (TPSA) is 25.8 Å². The van der Waals surface area contributed by atoms with E-state index < -0.39 is 0 Å². The Bertz CT molecular complexity index is 3080. The zero-order valence-electron chi connectivity index (χ0n) is 31.7. The summed E-state index contributed by atoms with van der Waals surface area (Å²) in [5, 5.41) is 2.65. The Kier molecular flexibility index (Phi) is 8.19. The van der Waals surface area contributed by atoms with Gasteiger partial charge in [-0.15, -0.1) is 0 Å². The number of benzene rings is 9. The lowest BCUT2D eigenvalue weighted by Crippen LogP contribution is -1.96. The minimum Gasteiger partial charge on any atom is -0.228 e. The summed E-state index contributed by atoms with van der Waals surface area (Å²) >= 11 is 0. The number of hydrogen-bond donors (Lipinski definition) is 0. The first-order valence-electron chi connectivity index (χ1n) is 19.8. The number of fused-ring (bicyclic) bond motifs is 3. The fourth-order valence-electron chi connectivity index (χ4n) is 8.62. The quantitative estimate of drug-likeness (QED) is 0.163. The molecule has 0 aliphatic heterocycles. The lowest BCUT2D eigenvalue weighted by Gasteiger charge is -2.13. The summed E-state index contributed by atoms with van der Waals surface area (Å²) in [6, 6.07) is 78.0. The first kappa shape index (κ1) is 33.6. The van der Waals surface area contributed by atoms with E-state index in [0.717, 1.165) is 33.6 Å². The number of nitrogens with zero attached hydrogens (tertiary/aromatic N) is 2. The van der Waals surface area contributed by atoms with E-state index in [9.17, 15) is 0 Å². The molecule has 2 heteroatoms. The van der Waals surface area contributed by atoms with Gasteiger partial charge in [0, 0.05) is 16.7 Å². The first-order chi connectivity index (χ1) is 28.7. The van der Waals surface area contributed by atoms with Crippen LogP contribution < -0.4 is 0 Å². The van der Waals surface area contributed by atoms with Gasteiger partial charge in [0.2, 0.25) is 0 Å². The largest absolute Gasteiger partial charge is 0.228 e. The third-order valence-corrected chi connectivity index (χ3v) is 11.5. The SMILES string of the molecule is c1ccc(-c2ccc(-c3nc(-c4ccccc4)cc(-c4ccc(-c5ccccc5-c5ccc(-c6ccc7c8c(cccc68)-c6ccccc6-7)cc5)cc4)n3)cc2)cc1. The molecule has 1 aromatic heterocycles. The fourth-order valence-corrected chi connectivity index (χ4v) is 8.62. The molecule has 0 spiro atoms. The van der Waals surface area contributed by atoms with Crippen LogP contribution in [0.3, 0.4) is 0 Å². The molecule has 0 saturated carbocycles. The van der Waals surface area contributed by atoms with Gasteiger partial charge >= 0.3 is 0 Å². The Labute approximate surface area is 338 Å². The molecule has 11 rings (SSSR count). The van der Waals surface area contributed by atoms with Crippen molar-refractivity contribution < 1.29 is 0 Å². The monoisotopic (exact) mass is 736 g/mol. The van der Waals surface area contributed by atoms with Gasteiger partial charge in [-0.25, -0.2) is 9.97 Å². The highest BCUT2D eigenvalue weighted by Crippen LogP contribution is 2.49. The molecule has 0 atom stereocenters. The summed E-state index contributed by atoms with van der Waals surface area (Å²) in [5.41, 5.74) is 19.7. The minimum atomic E-state index is 0.705. The van der Waals surface area contributed by atoms with Crippen molar-refractivity contribution in [3.05, 3.63) is 218 Å². The number of hydrogen-bond acceptors (Lipinski definition) is 2. The van der Waals surface area contributed by atoms with Crippen LogP contribution in [0.25, 0.3) is 111 Å². The maximum atomic E-state index is 5.13. The van der Waals surface area contributed by atoms with E-state index in [4.69, 9.17) is 9.97 Å². The molecule has 1 heterocycles. The lowest BCUT2D eigenvalue weighted by molar-refractivity contribution is 1.18. The van der Waals surface area contributed by atoms with Crippen LogP contribution in [-0.4, -0.2) is 9.97 Å². The third-order valence-electron chi connectivity index (χ3n) is 11.5. The van der Waals surface area contributed by atoms with Crippen LogP contribution in [-0.2, 0) is 0 Å².